The van der Waals surface area contributed by atoms with Crippen LogP contribution in [0.25, 0.3) is 0 Å². The van der Waals surface area contributed by atoms with Crippen molar-refractivity contribution in [1.82, 2.24) is 15.3 Å². The molecule has 0 bridgehead atoms. The van der Waals surface area contributed by atoms with E-state index in [9.17, 15) is 21.6 Å². The van der Waals surface area contributed by atoms with E-state index in [-0.39, 0.29) is 23.8 Å². The van der Waals surface area contributed by atoms with Crippen LogP contribution < -0.4 is 5.32 Å². The maximum absolute atomic E-state index is 12.6. The molecule has 0 aliphatic carbocycles. The highest BCUT2D eigenvalue weighted by Gasteiger charge is 2.33. The molecule has 0 amide bonds. The topological polar surface area (TPSA) is 72.0 Å². The van der Waals surface area contributed by atoms with Crippen molar-refractivity contribution in [3.8, 4) is 0 Å². The fourth-order valence-electron chi connectivity index (χ4n) is 1.63. The second-order valence-corrected chi connectivity index (χ2v) is 6.87. The molecule has 0 spiro atoms. The van der Waals surface area contributed by atoms with E-state index in [0.29, 0.717) is 0 Å². The van der Waals surface area contributed by atoms with E-state index >= 15 is 0 Å². The van der Waals surface area contributed by atoms with Crippen molar-refractivity contribution in [2.24, 2.45) is 0 Å². The SMILES string of the molecule is Cc1cc(C(F)(F)F)nc(CNC(C)CS(C)(=O)=O)n1. The number of sulfone groups is 1. The minimum Gasteiger partial charge on any atom is -0.306 e. The largest absolute Gasteiger partial charge is 0.433 e. The Labute approximate surface area is 115 Å². The number of nitrogens with one attached hydrogen (secondary N) is 1. The number of aromatic nitrogens is 2. The Morgan fingerprint density at radius 1 is 1.35 bits per heavy atom. The lowest BCUT2D eigenvalue weighted by atomic mass is 10.3. The van der Waals surface area contributed by atoms with E-state index in [1.165, 1.54) is 6.92 Å². The van der Waals surface area contributed by atoms with Crippen LogP contribution in [0.15, 0.2) is 6.07 Å². The lowest BCUT2D eigenvalue weighted by molar-refractivity contribution is -0.141. The van der Waals surface area contributed by atoms with Crippen LogP contribution in [0.2, 0.25) is 0 Å². The number of halogens is 3. The smallest absolute Gasteiger partial charge is 0.306 e. The summed E-state index contributed by atoms with van der Waals surface area (Å²) in [6.45, 7) is 3.04. The van der Waals surface area contributed by atoms with E-state index in [2.05, 4.69) is 15.3 Å². The monoisotopic (exact) mass is 311 g/mol. The molecule has 9 heteroatoms. The summed E-state index contributed by atoms with van der Waals surface area (Å²) in [6.07, 6.45) is -3.43. The molecule has 114 valence electrons. The zero-order chi connectivity index (χ0) is 15.6. The quantitative estimate of drug-likeness (QED) is 0.888. The van der Waals surface area contributed by atoms with Crippen molar-refractivity contribution in [3.63, 3.8) is 0 Å². The molecule has 0 aliphatic heterocycles. The highest BCUT2D eigenvalue weighted by atomic mass is 32.2. The van der Waals surface area contributed by atoms with Gasteiger partial charge in [-0.3, -0.25) is 0 Å². The third-order valence-electron chi connectivity index (χ3n) is 2.35. The molecular formula is C11H16F3N3O2S. The van der Waals surface area contributed by atoms with Crippen LogP contribution in [0, 0.1) is 6.92 Å². The van der Waals surface area contributed by atoms with Crippen LogP contribution >= 0.6 is 0 Å². The van der Waals surface area contributed by atoms with Crippen LogP contribution in [0.3, 0.4) is 0 Å². The summed E-state index contributed by atoms with van der Waals surface area (Å²) in [5, 5.41) is 2.79. The zero-order valence-electron chi connectivity index (χ0n) is 11.3. The highest BCUT2D eigenvalue weighted by molar-refractivity contribution is 7.90. The van der Waals surface area contributed by atoms with Gasteiger partial charge in [-0.2, -0.15) is 13.2 Å². The predicted molar refractivity (Wildman–Crippen MR) is 67.8 cm³/mol. The summed E-state index contributed by atoms with van der Waals surface area (Å²) in [6, 6.07) is 0.465. The maximum atomic E-state index is 12.6. The molecule has 1 unspecified atom stereocenters. The average molecular weight is 311 g/mol. The molecule has 0 aromatic carbocycles. The number of rotatable bonds is 5. The summed E-state index contributed by atoms with van der Waals surface area (Å²) < 4.78 is 59.9. The molecule has 0 aliphatic rings. The zero-order valence-corrected chi connectivity index (χ0v) is 12.1. The molecule has 0 saturated carbocycles. The standard InChI is InChI=1S/C11H16F3N3O2S/c1-7-4-9(11(12,13)14)17-10(16-7)5-15-8(2)6-20(3,18)19/h4,8,15H,5-6H2,1-3H3. The van der Waals surface area contributed by atoms with E-state index in [0.717, 1.165) is 12.3 Å². The van der Waals surface area contributed by atoms with Crippen LogP contribution in [0.1, 0.15) is 24.1 Å². The number of hydrogen-bond donors (Lipinski definition) is 1. The van der Waals surface area contributed by atoms with Gasteiger partial charge in [-0.15, -0.1) is 0 Å². The van der Waals surface area contributed by atoms with Crippen LogP contribution in [0.5, 0.6) is 0 Å². The van der Waals surface area contributed by atoms with Crippen molar-refractivity contribution in [1.29, 1.82) is 0 Å². The highest BCUT2D eigenvalue weighted by Crippen LogP contribution is 2.27. The lowest BCUT2D eigenvalue weighted by Crippen LogP contribution is -2.33. The molecule has 1 aromatic rings. The molecule has 1 atom stereocenters. The van der Waals surface area contributed by atoms with E-state index in [1.54, 1.807) is 6.92 Å². The minimum atomic E-state index is -4.53. The first kappa shape index (κ1) is 16.8. The number of aryl methyl sites for hydroxylation is 1. The van der Waals surface area contributed by atoms with Gasteiger partial charge in [-0.05, 0) is 19.9 Å². The number of alkyl halides is 3. The van der Waals surface area contributed by atoms with Crippen molar-refractivity contribution in [2.75, 3.05) is 12.0 Å². The third kappa shape index (κ3) is 5.83. The van der Waals surface area contributed by atoms with Gasteiger partial charge in [-0.25, -0.2) is 18.4 Å². The van der Waals surface area contributed by atoms with Gasteiger partial charge in [0.1, 0.15) is 21.4 Å². The average Bonchev–Trinajstić information content (AvgIpc) is 2.22. The summed E-state index contributed by atoms with van der Waals surface area (Å²) in [5.41, 5.74) is -0.794. The molecule has 20 heavy (non-hydrogen) atoms. The van der Waals surface area contributed by atoms with Gasteiger partial charge in [0.05, 0.1) is 12.3 Å². The minimum absolute atomic E-state index is 0.0160. The third-order valence-corrected chi connectivity index (χ3v) is 3.46. The molecular weight excluding hydrogens is 295 g/mol. The number of hydrogen-bond acceptors (Lipinski definition) is 5. The Bertz CT molecular complexity index is 573. The molecule has 1 N–H and O–H groups in total. The molecule has 1 aromatic heterocycles. The summed E-state index contributed by atoms with van der Waals surface area (Å²) >= 11 is 0. The fraction of sp³-hybridized carbons (Fsp3) is 0.636. The Kier molecular flexibility index (Phi) is 5.09. The summed E-state index contributed by atoms with van der Waals surface area (Å²) in [7, 11) is -3.15. The second-order valence-electron chi connectivity index (χ2n) is 4.68. The molecule has 1 heterocycles. The summed E-state index contributed by atoms with van der Waals surface area (Å²) in [4.78, 5) is 7.32. The lowest BCUT2D eigenvalue weighted by Gasteiger charge is -2.13. The molecule has 5 nitrogen and oxygen atoms in total. The van der Waals surface area contributed by atoms with E-state index < -0.39 is 27.7 Å². The van der Waals surface area contributed by atoms with E-state index in [4.69, 9.17) is 0 Å². The van der Waals surface area contributed by atoms with Crippen LogP contribution in [-0.4, -0.2) is 36.4 Å². The first-order chi connectivity index (χ1) is 8.97. The van der Waals surface area contributed by atoms with Crippen molar-refractivity contribution >= 4 is 9.84 Å². The van der Waals surface area contributed by atoms with Crippen molar-refractivity contribution < 1.29 is 21.6 Å². The Morgan fingerprint density at radius 2 is 1.95 bits per heavy atom. The summed E-state index contributed by atoms with van der Waals surface area (Å²) in [5.74, 6) is -0.122. The predicted octanol–water partition coefficient (Wildman–Crippen LogP) is 1.33. The fourth-order valence-corrected chi connectivity index (χ4v) is 2.66. The molecule has 1 rings (SSSR count). The van der Waals surface area contributed by atoms with Crippen molar-refractivity contribution in [2.45, 2.75) is 32.6 Å². The molecule has 0 saturated heterocycles. The Hall–Kier alpha value is -1.22. The Morgan fingerprint density at radius 3 is 2.45 bits per heavy atom. The van der Waals surface area contributed by atoms with Gasteiger partial charge in [0.15, 0.2) is 0 Å². The van der Waals surface area contributed by atoms with Crippen molar-refractivity contribution in [3.05, 3.63) is 23.3 Å². The van der Waals surface area contributed by atoms with Crippen LogP contribution in [0.4, 0.5) is 13.2 Å². The number of nitrogens with zero attached hydrogens (tertiary/aromatic N) is 2. The van der Waals surface area contributed by atoms with Crippen LogP contribution in [-0.2, 0) is 22.6 Å². The van der Waals surface area contributed by atoms with Gasteiger partial charge < -0.3 is 5.32 Å². The maximum Gasteiger partial charge on any atom is 0.433 e. The normalized spacial score (nSPS) is 14.3. The van der Waals surface area contributed by atoms with Gasteiger partial charge >= 0.3 is 6.18 Å². The Balaban J connectivity index is 2.76. The van der Waals surface area contributed by atoms with Gasteiger partial charge in [0.2, 0.25) is 0 Å². The first-order valence-electron chi connectivity index (χ1n) is 5.80. The second kappa shape index (κ2) is 6.04. The van der Waals surface area contributed by atoms with Gasteiger partial charge in [0.25, 0.3) is 0 Å². The van der Waals surface area contributed by atoms with Gasteiger partial charge in [-0.1, -0.05) is 0 Å². The van der Waals surface area contributed by atoms with E-state index in [1.807, 2.05) is 0 Å². The molecule has 0 fully saturated rings. The first-order valence-corrected chi connectivity index (χ1v) is 7.86. The van der Waals surface area contributed by atoms with Gasteiger partial charge in [0, 0.05) is 18.0 Å². The molecule has 0 radical (unpaired) electrons.